The minimum Gasteiger partial charge on any atom is -0.467 e. The molecule has 26 heavy (non-hydrogen) atoms. The van der Waals surface area contributed by atoms with Crippen molar-refractivity contribution in [3.63, 3.8) is 0 Å². The number of amides is 1. The SMILES string of the molecule is CCC(C(=O)OC)n1c(=NC(=O)c2cccc(N)c2)sc2ccccc21. The number of hydrogen-bond acceptors (Lipinski definition) is 5. The Labute approximate surface area is 154 Å². The molecular weight excluding hydrogens is 350 g/mol. The second-order valence-corrected chi connectivity index (χ2v) is 6.72. The van der Waals surface area contributed by atoms with E-state index in [2.05, 4.69) is 4.99 Å². The Morgan fingerprint density at radius 1 is 1.23 bits per heavy atom. The molecule has 134 valence electrons. The highest BCUT2D eigenvalue weighted by Gasteiger charge is 2.23. The summed E-state index contributed by atoms with van der Waals surface area (Å²) in [6.07, 6.45) is 0.521. The summed E-state index contributed by atoms with van der Waals surface area (Å²) in [6, 6.07) is 13.7. The van der Waals surface area contributed by atoms with Crippen LogP contribution in [-0.4, -0.2) is 23.6 Å². The molecular formula is C19H19N3O3S. The van der Waals surface area contributed by atoms with Gasteiger partial charge in [0.2, 0.25) is 0 Å². The number of para-hydroxylation sites is 1. The van der Waals surface area contributed by atoms with Gasteiger partial charge in [-0.25, -0.2) is 4.79 Å². The number of nitrogens with zero attached hydrogens (tertiary/aromatic N) is 2. The number of esters is 1. The van der Waals surface area contributed by atoms with Crippen molar-refractivity contribution in [3.05, 3.63) is 58.9 Å². The third kappa shape index (κ3) is 3.39. The predicted octanol–water partition coefficient (Wildman–Crippen LogP) is 3.15. The van der Waals surface area contributed by atoms with Gasteiger partial charge < -0.3 is 15.0 Å². The molecule has 0 fully saturated rings. The lowest BCUT2D eigenvalue weighted by atomic mass is 10.2. The van der Waals surface area contributed by atoms with Gasteiger partial charge in [0.1, 0.15) is 6.04 Å². The molecule has 0 aliphatic heterocycles. The number of aromatic nitrogens is 1. The van der Waals surface area contributed by atoms with Crippen LogP contribution in [0.5, 0.6) is 0 Å². The lowest BCUT2D eigenvalue weighted by Gasteiger charge is -2.15. The first kappa shape index (κ1) is 17.9. The zero-order chi connectivity index (χ0) is 18.7. The number of hydrogen-bond donors (Lipinski definition) is 1. The number of methoxy groups -OCH3 is 1. The summed E-state index contributed by atoms with van der Waals surface area (Å²) in [7, 11) is 1.36. The monoisotopic (exact) mass is 369 g/mol. The normalized spacial score (nSPS) is 12.9. The zero-order valence-corrected chi connectivity index (χ0v) is 15.3. The van der Waals surface area contributed by atoms with Crippen molar-refractivity contribution in [1.29, 1.82) is 0 Å². The third-order valence-electron chi connectivity index (χ3n) is 4.03. The number of thiazole rings is 1. The van der Waals surface area contributed by atoms with E-state index < -0.39 is 11.9 Å². The van der Waals surface area contributed by atoms with Crippen LogP contribution in [0.4, 0.5) is 5.69 Å². The first-order valence-corrected chi connectivity index (χ1v) is 8.99. The molecule has 0 bridgehead atoms. The molecule has 0 saturated carbocycles. The Morgan fingerprint density at radius 3 is 2.69 bits per heavy atom. The second kappa shape index (κ2) is 7.53. The topological polar surface area (TPSA) is 86.7 Å². The quantitative estimate of drug-likeness (QED) is 0.565. The van der Waals surface area contributed by atoms with Crippen molar-refractivity contribution < 1.29 is 14.3 Å². The van der Waals surface area contributed by atoms with E-state index in [-0.39, 0.29) is 5.97 Å². The van der Waals surface area contributed by atoms with E-state index in [0.717, 1.165) is 10.2 Å². The fourth-order valence-corrected chi connectivity index (χ4v) is 3.85. The molecule has 0 aliphatic rings. The molecule has 7 heteroatoms. The highest BCUT2D eigenvalue weighted by atomic mass is 32.1. The van der Waals surface area contributed by atoms with Crippen LogP contribution in [0.1, 0.15) is 29.7 Å². The Kier molecular flexibility index (Phi) is 5.18. The average Bonchev–Trinajstić information content (AvgIpc) is 3.00. The first-order valence-electron chi connectivity index (χ1n) is 8.17. The number of carbonyl (C=O) groups is 2. The predicted molar refractivity (Wildman–Crippen MR) is 102 cm³/mol. The summed E-state index contributed by atoms with van der Waals surface area (Å²) in [4.78, 5) is 29.6. The van der Waals surface area contributed by atoms with Crippen LogP contribution in [0.25, 0.3) is 10.2 Å². The van der Waals surface area contributed by atoms with Gasteiger partial charge in [-0.3, -0.25) is 4.79 Å². The van der Waals surface area contributed by atoms with Crippen molar-refractivity contribution in [1.82, 2.24) is 4.57 Å². The lowest BCUT2D eigenvalue weighted by Crippen LogP contribution is -2.28. The number of nitrogen functional groups attached to an aromatic ring is 1. The summed E-state index contributed by atoms with van der Waals surface area (Å²) in [5.41, 5.74) is 7.49. The fourth-order valence-electron chi connectivity index (χ4n) is 2.78. The zero-order valence-electron chi connectivity index (χ0n) is 14.5. The summed E-state index contributed by atoms with van der Waals surface area (Å²) < 4.78 is 7.65. The van der Waals surface area contributed by atoms with Crippen LogP contribution in [-0.2, 0) is 9.53 Å². The van der Waals surface area contributed by atoms with Gasteiger partial charge in [0.05, 0.1) is 17.3 Å². The van der Waals surface area contributed by atoms with Crippen LogP contribution in [0, 0.1) is 0 Å². The van der Waals surface area contributed by atoms with E-state index in [4.69, 9.17) is 10.5 Å². The number of ether oxygens (including phenoxy) is 1. The molecule has 2 N–H and O–H groups in total. The molecule has 2 aromatic carbocycles. The van der Waals surface area contributed by atoms with Gasteiger partial charge in [-0.05, 0) is 36.8 Å². The third-order valence-corrected chi connectivity index (χ3v) is 5.07. The van der Waals surface area contributed by atoms with Crippen molar-refractivity contribution in [3.8, 4) is 0 Å². The van der Waals surface area contributed by atoms with E-state index in [9.17, 15) is 9.59 Å². The standard InChI is InChI=1S/C19H19N3O3S/c1-3-14(18(24)25-2)22-15-9-4-5-10-16(15)26-19(22)21-17(23)12-7-6-8-13(20)11-12/h4-11,14H,3,20H2,1-2H3. The van der Waals surface area contributed by atoms with E-state index in [0.29, 0.717) is 22.5 Å². The van der Waals surface area contributed by atoms with Crippen LogP contribution in [0.2, 0.25) is 0 Å². The molecule has 0 radical (unpaired) electrons. The number of fused-ring (bicyclic) bond motifs is 1. The van der Waals surface area contributed by atoms with E-state index in [1.807, 2.05) is 31.2 Å². The maximum Gasteiger partial charge on any atom is 0.328 e. The molecule has 1 amide bonds. The smallest absolute Gasteiger partial charge is 0.328 e. The molecule has 3 rings (SSSR count). The van der Waals surface area contributed by atoms with Crippen molar-refractivity contribution in [2.45, 2.75) is 19.4 Å². The Balaban J connectivity index is 2.20. The van der Waals surface area contributed by atoms with Gasteiger partial charge in [0.15, 0.2) is 4.80 Å². The number of rotatable bonds is 4. The van der Waals surface area contributed by atoms with E-state index >= 15 is 0 Å². The first-order chi connectivity index (χ1) is 12.5. The highest BCUT2D eigenvalue weighted by molar-refractivity contribution is 7.16. The van der Waals surface area contributed by atoms with Gasteiger partial charge in [-0.2, -0.15) is 4.99 Å². The summed E-state index contributed by atoms with van der Waals surface area (Å²) in [6.45, 7) is 1.89. The van der Waals surface area contributed by atoms with Crippen molar-refractivity contribution in [2.24, 2.45) is 4.99 Å². The van der Waals surface area contributed by atoms with E-state index in [1.165, 1.54) is 18.4 Å². The van der Waals surface area contributed by atoms with Gasteiger partial charge >= 0.3 is 5.97 Å². The second-order valence-electron chi connectivity index (χ2n) is 5.71. The maximum absolute atomic E-state index is 12.6. The van der Waals surface area contributed by atoms with Crippen LogP contribution in [0.15, 0.2) is 53.5 Å². The minimum atomic E-state index is -0.552. The number of anilines is 1. The largest absolute Gasteiger partial charge is 0.467 e. The fraction of sp³-hybridized carbons (Fsp3) is 0.211. The molecule has 1 unspecified atom stereocenters. The molecule has 0 aliphatic carbocycles. The number of carbonyl (C=O) groups excluding carboxylic acids is 2. The van der Waals surface area contributed by atoms with Crippen LogP contribution >= 0.6 is 11.3 Å². The van der Waals surface area contributed by atoms with Gasteiger partial charge in [0, 0.05) is 11.3 Å². The lowest BCUT2D eigenvalue weighted by molar-refractivity contribution is -0.144. The Bertz CT molecular complexity index is 1040. The molecule has 3 aromatic rings. The average molecular weight is 369 g/mol. The number of nitrogens with two attached hydrogens (primary N) is 1. The highest BCUT2D eigenvalue weighted by Crippen LogP contribution is 2.23. The van der Waals surface area contributed by atoms with Crippen LogP contribution in [0.3, 0.4) is 0 Å². The van der Waals surface area contributed by atoms with Crippen molar-refractivity contribution >= 4 is 39.1 Å². The Hall–Kier alpha value is -2.93. The maximum atomic E-state index is 12.6. The van der Waals surface area contributed by atoms with E-state index in [1.54, 1.807) is 28.8 Å². The Morgan fingerprint density at radius 2 is 2.00 bits per heavy atom. The summed E-state index contributed by atoms with van der Waals surface area (Å²) in [5.74, 6) is -0.772. The molecule has 0 spiro atoms. The van der Waals surface area contributed by atoms with Crippen LogP contribution < -0.4 is 10.5 Å². The van der Waals surface area contributed by atoms with Crippen molar-refractivity contribution in [2.75, 3.05) is 12.8 Å². The summed E-state index contributed by atoms with van der Waals surface area (Å²) in [5, 5.41) is 0. The molecule has 1 atom stereocenters. The molecule has 1 aromatic heterocycles. The molecule has 1 heterocycles. The molecule has 0 saturated heterocycles. The number of benzene rings is 2. The minimum absolute atomic E-state index is 0.367. The van der Waals surface area contributed by atoms with Gasteiger partial charge in [-0.15, -0.1) is 0 Å². The van der Waals surface area contributed by atoms with Gasteiger partial charge in [0.25, 0.3) is 5.91 Å². The summed E-state index contributed by atoms with van der Waals surface area (Å²) >= 11 is 1.36. The molecule has 6 nitrogen and oxygen atoms in total. The van der Waals surface area contributed by atoms with Gasteiger partial charge in [-0.1, -0.05) is 36.5 Å².